The minimum atomic E-state index is -0.486. The van der Waals surface area contributed by atoms with E-state index in [4.69, 9.17) is 11.6 Å². The summed E-state index contributed by atoms with van der Waals surface area (Å²) in [5, 5.41) is 7.25. The van der Waals surface area contributed by atoms with Gasteiger partial charge in [-0.2, -0.15) is 0 Å². The van der Waals surface area contributed by atoms with Gasteiger partial charge in [0.15, 0.2) is 0 Å². The van der Waals surface area contributed by atoms with E-state index in [1.165, 1.54) is 11.8 Å². The molecule has 1 unspecified atom stereocenters. The summed E-state index contributed by atoms with van der Waals surface area (Å²) in [5.74, 6) is -0.249. The van der Waals surface area contributed by atoms with Crippen LogP contribution in [0.25, 0.3) is 10.9 Å². The SMILES string of the molecule is O=C(Cc1ccc(Cl)cc1)Nc1cccc(SC(C(=O)Nc2ccc3cc[nH]c3c2)c2ccccc2)c1. The molecule has 0 aliphatic carbocycles. The van der Waals surface area contributed by atoms with Crippen molar-refractivity contribution in [3.63, 3.8) is 0 Å². The first-order valence-corrected chi connectivity index (χ1v) is 13.0. The number of carbonyl (C=O) groups excluding carboxylic acids is 2. The van der Waals surface area contributed by atoms with Crippen LogP contribution in [0.2, 0.25) is 5.02 Å². The number of hydrogen-bond acceptors (Lipinski definition) is 3. The van der Waals surface area contributed by atoms with Gasteiger partial charge in [0.2, 0.25) is 11.8 Å². The Kier molecular flexibility index (Phi) is 7.59. The lowest BCUT2D eigenvalue weighted by Crippen LogP contribution is -2.19. The number of benzene rings is 4. The zero-order valence-electron chi connectivity index (χ0n) is 19.8. The second kappa shape index (κ2) is 11.4. The van der Waals surface area contributed by atoms with Crippen LogP contribution in [0.5, 0.6) is 0 Å². The summed E-state index contributed by atoms with van der Waals surface area (Å²) in [7, 11) is 0. The van der Waals surface area contributed by atoms with E-state index in [-0.39, 0.29) is 18.2 Å². The normalized spacial score (nSPS) is 11.7. The lowest BCUT2D eigenvalue weighted by Gasteiger charge is -2.18. The lowest BCUT2D eigenvalue weighted by molar-refractivity contribution is -0.116. The van der Waals surface area contributed by atoms with Crippen LogP contribution in [0.4, 0.5) is 11.4 Å². The van der Waals surface area contributed by atoms with Crippen LogP contribution in [0.15, 0.2) is 114 Å². The van der Waals surface area contributed by atoms with Crippen molar-refractivity contribution in [1.29, 1.82) is 0 Å². The third kappa shape index (κ3) is 6.42. The number of halogens is 1. The molecule has 0 radical (unpaired) electrons. The van der Waals surface area contributed by atoms with Crippen LogP contribution in [0, 0.1) is 0 Å². The molecule has 2 amide bonds. The number of fused-ring (bicyclic) bond motifs is 1. The molecule has 1 atom stereocenters. The van der Waals surface area contributed by atoms with Gasteiger partial charge in [-0.3, -0.25) is 9.59 Å². The Hall–Kier alpha value is -4.00. The summed E-state index contributed by atoms with van der Waals surface area (Å²) in [4.78, 5) is 30.1. The Morgan fingerprint density at radius 2 is 1.59 bits per heavy atom. The second-order valence-electron chi connectivity index (χ2n) is 8.56. The molecule has 0 aliphatic heterocycles. The number of aromatic amines is 1. The topological polar surface area (TPSA) is 74.0 Å². The van der Waals surface area contributed by atoms with E-state index in [2.05, 4.69) is 15.6 Å². The third-order valence-electron chi connectivity index (χ3n) is 5.81. The minimum absolute atomic E-state index is 0.124. The quantitative estimate of drug-likeness (QED) is 0.184. The summed E-state index contributed by atoms with van der Waals surface area (Å²) >= 11 is 7.37. The van der Waals surface area contributed by atoms with Gasteiger partial charge in [0.1, 0.15) is 5.25 Å². The minimum Gasteiger partial charge on any atom is -0.361 e. The molecule has 0 saturated heterocycles. The number of thioether (sulfide) groups is 1. The highest BCUT2D eigenvalue weighted by Gasteiger charge is 2.22. The highest BCUT2D eigenvalue weighted by Crippen LogP contribution is 2.37. The van der Waals surface area contributed by atoms with Crippen molar-refractivity contribution in [2.24, 2.45) is 0 Å². The van der Waals surface area contributed by atoms with Crippen LogP contribution in [0.3, 0.4) is 0 Å². The molecule has 0 fully saturated rings. The summed E-state index contributed by atoms with van der Waals surface area (Å²) in [6, 6.07) is 32.2. The van der Waals surface area contributed by atoms with E-state index in [9.17, 15) is 9.59 Å². The van der Waals surface area contributed by atoms with E-state index in [1.54, 1.807) is 12.1 Å². The molecule has 7 heteroatoms. The Bertz CT molecular complexity index is 1530. The van der Waals surface area contributed by atoms with Crippen LogP contribution < -0.4 is 10.6 Å². The van der Waals surface area contributed by atoms with E-state index >= 15 is 0 Å². The van der Waals surface area contributed by atoms with Crippen molar-refractivity contribution in [2.75, 3.05) is 10.6 Å². The molecule has 5 aromatic rings. The molecular weight excluding hydrogens is 502 g/mol. The third-order valence-corrected chi connectivity index (χ3v) is 7.31. The van der Waals surface area contributed by atoms with Crippen molar-refractivity contribution >= 4 is 57.5 Å². The number of anilines is 2. The Morgan fingerprint density at radius 3 is 2.41 bits per heavy atom. The van der Waals surface area contributed by atoms with Gasteiger partial charge in [-0.1, -0.05) is 66.2 Å². The van der Waals surface area contributed by atoms with Crippen molar-refractivity contribution in [1.82, 2.24) is 4.98 Å². The van der Waals surface area contributed by atoms with Gasteiger partial charge < -0.3 is 15.6 Å². The smallest absolute Gasteiger partial charge is 0.242 e. The summed E-state index contributed by atoms with van der Waals surface area (Å²) in [5.41, 5.74) is 4.13. The molecule has 0 aliphatic rings. The van der Waals surface area contributed by atoms with Gasteiger partial charge >= 0.3 is 0 Å². The molecule has 0 spiro atoms. The molecule has 0 bridgehead atoms. The molecular formula is C30H24ClN3O2S. The molecule has 37 heavy (non-hydrogen) atoms. The van der Waals surface area contributed by atoms with E-state index < -0.39 is 5.25 Å². The van der Waals surface area contributed by atoms with Gasteiger partial charge in [-0.15, -0.1) is 11.8 Å². The maximum absolute atomic E-state index is 13.5. The molecule has 0 saturated carbocycles. The number of hydrogen-bond donors (Lipinski definition) is 3. The maximum atomic E-state index is 13.5. The van der Waals surface area contributed by atoms with E-state index in [0.717, 1.165) is 32.6 Å². The average molecular weight is 526 g/mol. The fraction of sp³-hybridized carbons (Fsp3) is 0.0667. The van der Waals surface area contributed by atoms with E-state index in [0.29, 0.717) is 10.7 Å². The number of H-pyrrole nitrogens is 1. The molecule has 5 nitrogen and oxygen atoms in total. The lowest BCUT2D eigenvalue weighted by atomic mass is 10.1. The first-order valence-electron chi connectivity index (χ1n) is 11.8. The Labute approximate surface area is 224 Å². The average Bonchev–Trinajstić information content (AvgIpc) is 3.37. The number of rotatable bonds is 8. The Balaban J connectivity index is 1.31. The van der Waals surface area contributed by atoms with Crippen molar-refractivity contribution in [2.45, 2.75) is 16.6 Å². The molecule has 3 N–H and O–H groups in total. The highest BCUT2D eigenvalue weighted by molar-refractivity contribution is 8.00. The second-order valence-corrected chi connectivity index (χ2v) is 10.2. The van der Waals surface area contributed by atoms with Gasteiger partial charge in [-0.25, -0.2) is 0 Å². The maximum Gasteiger partial charge on any atom is 0.242 e. The van der Waals surface area contributed by atoms with E-state index in [1.807, 2.05) is 97.2 Å². The summed E-state index contributed by atoms with van der Waals surface area (Å²) < 4.78 is 0. The van der Waals surface area contributed by atoms with Gasteiger partial charge in [-0.05, 0) is 65.0 Å². The number of nitrogens with one attached hydrogen (secondary N) is 3. The van der Waals surface area contributed by atoms with Crippen molar-refractivity contribution in [3.05, 3.63) is 125 Å². The first kappa shape index (κ1) is 24.7. The van der Waals surface area contributed by atoms with Crippen LogP contribution in [-0.2, 0) is 16.0 Å². The van der Waals surface area contributed by atoms with Crippen LogP contribution in [-0.4, -0.2) is 16.8 Å². The fourth-order valence-corrected chi connectivity index (χ4v) is 5.22. The number of carbonyl (C=O) groups is 2. The standard InChI is InChI=1S/C30H24ClN3O2S/c31-23-12-9-20(10-13-23)17-28(35)33-24-7-4-8-26(18-24)37-29(22-5-2-1-3-6-22)30(36)34-25-14-11-21-15-16-32-27(21)19-25/h1-16,18-19,29,32H,17H2,(H,33,35)(H,34,36). The predicted molar refractivity (Wildman–Crippen MR) is 152 cm³/mol. The van der Waals surface area contributed by atoms with Gasteiger partial charge in [0.05, 0.1) is 6.42 Å². The van der Waals surface area contributed by atoms with Crippen molar-refractivity contribution < 1.29 is 9.59 Å². The molecule has 5 rings (SSSR count). The van der Waals surface area contributed by atoms with Crippen LogP contribution in [0.1, 0.15) is 16.4 Å². The largest absolute Gasteiger partial charge is 0.361 e. The zero-order valence-corrected chi connectivity index (χ0v) is 21.4. The number of amides is 2. The molecule has 4 aromatic carbocycles. The molecule has 184 valence electrons. The predicted octanol–water partition coefficient (Wildman–Crippen LogP) is 7.47. The van der Waals surface area contributed by atoms with Gasteiger partial charge in [0.25, 0.3) is 0 Å². The summed E-state index contributed by atoms with van der Waals surface area (Å²) in [6.07, 6.45) is 2.12. The molecule has 1 heterocycles. The van der Waals surface area contributed by atoms with Gasteiger partial charge in [0, 0.05) is 33.0 Å². The molecule has 1 aromatic heterocycles. The zero-order chi connectivity index (χ0) is 25.6. The van der Waals surface area contributed by atoms with Crippen molar-refractivity contribution in [3.8, 4) is 0 Å². The highest BCUT2D eigenvalue weighted by atomic mass is 35.5. The number of aromatic nitrogens is 1. The summed E-state index contributed by atoms with van der Waals surface area (Å²) in [6.45, 7) is 0. The Morgan fingerprint density at radius 1 is 0.811 bits per heavy atom. The fourth-order valence-electron chi connectivity index (χ4n) is 4.01. The first-order chi connectivity index (χ1) is 18.0. The monoisotopic (exact) mass is 525 g/mol. The van der Waals surface area contributed by atoms with Crippen LogP contribution >= 0.6 is 23.4 Å².